The summed E-state index contributed by atoms with van der Waals surface area (Å²) in [7, 11) is 1.80. The predicted octanol–water partition coefficient (Wildman–Crippen LogP) is 4.77. The number of carbonyl (C=O) groups is 3. The van der Waals surface area contributed by atoms with Gasteiger partial charge in [0.1, 0.15) is 6.10 Å². The van der Waals surface area contributed by atoms with Crippen LogP contribution in [0.4, 0.5) is 4.79 Å². The van der Waals surface area contributed by atoms with Gasteiger partial charge < -0.3 is 24.6 Å². The quantitative estimate of drug-likeness (QED) is 0.374. The van der Waals surface area contributed by atoms with Crippen LogP contribution in [0.15, 0.2) is 71.2 Å². The first kappa shape index (κ1) is 30.3. The average molecular weight is 604 g/mol. The molecule has 10 heteroatoms. The fourth-order valence-electron chi connectivity index (χ4n) is 4.81. The van der Waals surface area contributed by atoms with E-state index in [1.54, 1.807) is 7.11 Å². The molecular weight excluding hydrogens is 568 g/mol. The summed E-state index contributed by atoms with van der Waals surface area (Å²) in [5.74, 6) is -2.51. The molecule has 0 bridgehead atoms. The lowest BCUT2D eigenvalue weighted by molar-refractivity contribution is -0.134. The number of carboxylic acid groups (broad SMARTS) is 2. The van der Waals surface area contributed by atoms with E-state index in [9.17, 15) is 14.4 Å². The lowest BCUT2D eigenvalue weighted by Crippen LogP contribution is -2.39. The second kappa shape index (κ2) is 15.4. The fourth-order valence-corrected chi connectivity index (χ4v) is 5.25. The highest BCUT2D eigenvalue weighted by Gasteiger charge is 2.37. The second-order valence-corrected chi connectivity index (χ2v) is 10.3. The zero-order valence-electron chi connectivity index (χ0n) is 21.9. The number of methoxy groups -OCH3 is 1. The molecule has 0 aliphatic carbocycles. The van der Waals surface area contributed by atoms with Gasteiger partial charge in [0.15, 0.2) is 0 Å². The summed E-state index contributed by atoms with van der Waals surface area (Å²) in [6.07, 6.45) is 4.93. The van der Waals surface area contributed by atoms with E-state index in [2.05, 4.69) is 39.0 Å². The molecule has 0 aromatic heterocycles. The molecule has 2 fully saturated rings. The summed E-state index contributed by atoms with van der Waals surface area (Å²) in [5.41, 5.74) is 2.34. The number of likely N-dealkylation sites (tertiary alicyclic amines) is 1. The Labute approximate surface area is 237 Å². The molecule has 39 heavy (non-hydrogen) atoms. The number of nitrogens with zero attached hydrogens (tertiary/aromatic N) is 2. The molecule has 2 aromatic rings. The van der Waals surface area contributed by atoms with Crippen molar-refractivity contribution in [2.75, 3.05) is 33.3 Å². The molecule has 2 aromatic carbocycles. The standard InChI is InChI=1S/C25H31BrN2O3.C4H4O4/c1-30-21-11-14-27(15-12-21)16-13-24(19-7-3-2-4-8-19)28-18-22(31-25(28)29)17-20-9-5-6-10-23(20)26;5-3(6)1-2-4(7)8/h2-10,21-22,24H,11-18H2,1H3;1-2H,(H,5,6)(H,7,8)/b;2-1+. The van der Waals surface area contributed by atoms with E-state index >= 15 is 0 Å². The number of rotatable bonds is 10. The van der Waals surface area contributed by atoms with E-state index in [1.165, 1.54) is 11.1 Å². The van der Waals surface area contributed by atoms with Gasteiger partial charge in [-0.2, -0.15) is 0 Å². The number of ether oxygens (including phenoxy) is 2. The van der Waals surface area contributed by atoms with Crippen LogP contribution in [0.5, 0.6) is 0 Å². The number of benzene rings is 2. The van der Waals surface area contributed by atoms with Crippen LogP contribution in [0.3, 0.4) is 0 Å². The van der Waals surface area contributed by atoms with Gasteiger partial charge in [-0.05, 0) is 36.5 Å². The van der Waals surface area contributed by atoms with Crippen molar-refractivity contribution in [3.8, 4) is 0 Å². The highest BCUT2D eigenvalue weighted by Crippen LogP contribution is 2.31. The summed E-state index contributed by atoms with van der Waals surface area (Å²) >= 11 is 3.61. The molecule has 210 valence electrons. The van der Waals surface area contributed by atoms with Gasteiger partial charge in [-0.3, -0.25) is 4.90 Å². The average Bonchev–Trinajstić information content (AvgIpc) is 3.29. The number of hydrogen-bond acceptors (Lipinski definition) is 6. The molecule has 2 atom stereocenters. The molecule has 0 saturated carbocycles. The second-order valence-electron chi connectivity index (χ2n) is 9.46. The highest BCUT2D eigenvalue weighted by molar-refractivity contribution is 9.10. The van der Waals surface area contributed by atoms with Crippen molar-refractivity contribution in [3.63, 3.8) is 0 Å². The normalized spacial score (nSPS) is 18.9. The number of carbonyl (C=O) groups excluding carboxylic acids is 1. The van der Waals surface area contributed by atoms with Gasteiger partial charge in [0.05, 0.1) is 18.7 Å². The number of aliphatic carboxylic acids is 2. The molecule has 1 amide bonds. The third kappa shape index (κ3) is 9.80. The maximum Gasteiger partial charge on any atom is 0.410 e. The summed E-state index contributed by atoms with van der Waals surface area (Å²) in [4.78, 5) is 36.4. The van der Waals surface area contributed by atoms with Crippen LogP contribution in [0, 0.1) is 0 Å². The van der Waals surface area contributed by atoms with Gasteiger partial charge in [0, 0.05) is 49.8 Å². The van der Waals surface area contributed by atoms with E-state index in [0.29, 0.717) is 24.8 Å². The van der Waals surface area contributed by atoms with Crippen molar-refractivity contribution in [3.05, 3.63) is 82.3 Å². The first-order valence-electron chi connectivity index (χ1n) is 12.9. The lowest BCUT2D eigenvalue weighted by atomic mass is 10.00. The van der Waals surface area contributed by atoms with Gasteiger partial charge in [0.2, 0.25) is 0 Å². The van der Waals surface area contributed by atoms with Crippen LogP contribution < -0.4 is 0 Å². The summed E-state index contributed by atoms with van der Waals surface area (Å²) < 4.78 is 12.3. The van der Waals surface area contributed by atoms with Gasteiger partial charge in [-0.1, -0.05) is 64.5 Å². The van der Waals surface area contributed by atoms with Gasteiger partial charge in [-0.15, -0.1) is 0 Å². The van der Waals surface area contributed by atoms with Crippen LogP contribution in [0.25, 0.3) is 0 Å². The Balaban J connectivity index is 0.000000459. The summed E-state index contributed by atoms with van der Waals surface area (Å²) in [6, 6.07) is 18.5. The maximum absolute atomic E-state index is 12.9. The van der Waals surface area contributed by atoms with Crippen molar-refractivity contribution in [1.29, 1.82) is 0 Å². The molecule has 2 N–H and O–H groups in total. The number of piperidine rings is 1. The smallest absolute Gasteiger partial charge is 0.410 e. The molecule has 9 nitrogen and oxygen atoms in total. The molecule has 2 aliphatic heterocycles. The van der Waals surface area contributed by atoms with Crippen LogP contribution in [-0.2, 0) is 25.5 Å². The Hall–Kier alpha value is -3.21. The Morgan fingerprint density at radius 2 is 1.67 bits per heavy atom. The van der Waals surface area contributed by atoms with Gasteiger partial charge >= 0.3 is 18.0 Å². The minimum Gasteiger partial charge on any atom is -0.478 e. The number of cyclic esters (lactones) is 1. The topological polar surface area (TPSA) is 117 Å². The zero-order chi connectivity index (χ0) is 28.2. The Morgan fingerprint density at radius 3 is 2.26 bits per heavy atom. The van der Waals surface area contributed by atoms with Crippen molar-refractivity contribution >= 4 is 34.0 Å². The maximum atomic E-state index is 12.9. The third-order valence-corrected chi connectivity index (χ3v) is 7.60. The van der Waals surface area contributed by atoms with Crippen LogP contribution in [0.1, 0.15) is 36.4 Å². The van der Waals surface area contributed by atoms with E-state index in [1.807, 2.05) is 41.3 Å². The monoisotopic (exact) mass is 602 g/mol. The van der Waals surface area contributed by atoms with Crippen molar-refractivity contribution in [2.24, 2.45) is 0 Å². The number of carboxylic acids is 2. The molecule has 0 spiro atoms. The van der Waals surface area contributed by atoms with E-state index in [0.717, 1.165) is 49.8 Å². The molecule has 0 radical (unpaired) electrons. The number of hydrogen-bond donors (Lipinski definition) is 2. The van der Waals surface area contributed by atoms with Crippen LogP contribution >= 0.6 is 15.9 Å². The Bertz CT molecular complexity index is 1100. The van der Waals surface area contributed by atoms with Crippen molar-refractivity contribution in [2.45, 2.75) is 43.9 Å². The van der Waals surface area contributed by atoms with E-state index in [4.69, 9.17) is 19.7 Å². The fraction of sp³-hybridized carbons (Fsp3) is 0.414. The number of amides is 1. The van der Waals surface area contributed by atoms with E-state index < -0.39 is 11.9 Å². The predicted molar refractivity (Wildman–Crippen MR) is 150 cm³/mol. The molecular formula is C29H35BrN2O7. The summed E-state index contributed by atoms with van der Waals surface area (Å²) in [6.45, 7) is 3.68. The van der Waals surface area contributed by atoms with Crippen molar-refractivity contribution in [1.82, 2.24) is 9.80 Å². The Morgan fingerprint density at radius 1 is 1.05 bits per heavy atom. The molecule has 2 unspecified atom stereocenters. The van der Waals surface area contributed by atoms with Crippen molar-refractivity contribution < 1.29 is 34.1 Å². The largest absolute Gasteiger partial charge is 0.478 e. The molecule has 2 heterocycles. The zero-order valence-corrected chi connectivity index (χ0v) is 23.5. The lowest BCUT2D eigenvalue weighted by Gasteiger charge is -2.33. The molecule has 2 aliphatic rings. The van der Waals surface area contributed by atoms with Crippen LogP contribution in [-0.4, -0.2) is 83.5 Å². The first-order chi connectivity index (χ1) is 18.8. The van der Waals surface area contributed by atoms with Gasteiger partial charge in [0.25, 0.3) is 0 Å². The molecule has 2 saturated heterocycles. The highest BCUT2D eigenvalue weighted by atomic mass is 79.9. The number of halogens is 1. The minimum absolute atomic E-state index is 0.0260. The van der Waals surface area contributed by atoms with Crippen LogP contribution in [0.2, 0.25) is 0 Å². The summed E-state index contributed by atoms with van der Waals surface area (Å²) in [5, 5.41) is 15.6. The minimum atomic E-state index is -1.26. The third-order valence-electron chi connectivity index (χ3n) is 6.82. The first-order valence-corrected chi connectivity index (χ1v) is 13.7. The SMILES string of the molecule is COC1CCN(CCC(c2ccccc2)N2CC(Cc3ccccc3Br)OC2=O)CC1.O=C(O)/C=C/C(=O)O. The van der Waals surface area contributed by atoms with E-state index in [-0.39, 0.29) is 18.2 Å². The van der Waals surface area contributed by atoms with Gasteiger partial charge in [-0.25, -0.2) is 14.4 Å². The Kier molecular flexibility index (Phi) is 12.0. The molecule has 4 rings (SSSR count).